The van der Waals surface area contributed by atoms with E-state index in [0.29, 0.717) is 12.4 Å². The highest BCUT2D eigenvalue weighted by atomic mass is 16.4. The van der Waals surface area contributed by atoms with E-state index in [-0.39, 0.29) is 6.04 Å². The van der Waals surface area contributed by atoms with E-state index in [1.165, 1.54) is 0 Å². The Labute approximate surface area is 116 Å². The molecule has 20 heavy (non-hydrogen) atoms. The van der Waals surface area contributed by atoms with Crippen molar-refractivity contribution in [2.24, 2.45) is 7.05 Å². The van der Waals surface area contributed by atoms with Crippen LogP contribution in [0.3, 0.4) is 0 Å². The molecular weight excluding hydrogens is 258 g/mol. The van der Waals surface area contributed by atoms with Gasteiger partial charge in [0.25, 0.3) is 0 Å². The molecule has 0 spiro atoms. The Bertz CT molecular complexity index is 666. The zero-order valence-electron chi connectivity index (χ0n) is 11.2. The number of nitrogen functional groups attached to an aromatic ring is 1. The molecule has 3 rings (SSSR count). The molecule has 7 nitrogen and oxygen atoms in total. The maximum atomic E-state index is 10.7. The van der Waals surface area contributed by atoms with Crippen LogP contribution < -0.4 is 16.0 Å². The Morgan fingerprint density at radius 1 is 1.55 bits per heavy atom. The monoisotopic (exact) mass is 275 g/mol. The number of fused-ring (bicyclic) bond motifs is 1. The van der Waals surface area contributed by atoms with E-state index >= 15 is 0 Å². The molecule has 1 aliphatic rings. The molecule has 1 amide bonds. The first-order valence-electron chi connectivity index (χ1n) is 6.51. The summed E-state index contributed by atoms with van der Waals surface area (Å²) in [7, 11) is 1.86. The van der Waals surface area contributed by atoms with Gasteiger partial charge in [-0.25, -0.2) is 4.79 Å². The molecule has 0 radical (unpaired) electrons. The standard InChI is InChI=1S/C13H17N5O2/c1-17-11-6-9(2-3-10(11)12(14)16-17)18-5-4-8(7-18)15-13(19)20/h2-3,6,8,15H,4-5,7H2,1H3,(H2,14,16)(H,19,20). The van der Waals surface area contributed by atoms with Crippen molar-refractivity contribution in [2.45, 2.75) is 12.5 Å². The van der Waals surface area contributed by atoms with Gasteiger partial charge in [-0.05, 0) is 24.6 Å². The third-order valence-corrected chi connectivity index (χ3v) is 3.74. The molecule has 1 atom stereocenters. The summed E-state index contributed by atoms with van der Waals surface area (Å²) in [5.74, 6) is 0.529. The van der Waals surface area contributed by atoms with Gasteiger partial charge in [0.05, 0.1) is 11.6 Å². The third kappa shape index (κ3) is 2.11. The lowest BCUT2D eigenvalue weighted by Gasteiger charge is -2.18. The lowest BCUT2D eigenvalue weighted by atomic mass is 10.2. The molecule has 2 heterocycles. The van der Waals surface area contributed by atoms with Crippen molar-refractivity contribution >= 4 is 28.5 Å². The van der Waals surface area contributed by atoms with Crippen LogP contribution in [0.15, 0.2) is 18.2 Å². The van der Waals surface area contributed by atoms with Crippen LogP contribution in [0.25, 0.3) is 10.9 Å². The fourth-order valence-electron chi connectivity index (χ4n) is 2.76. The van der Waals surface area contributed by atoms with E-state index in [1.807, 2.05) is 25.2 Å². The minimum Gasteiger partial charge on any atom is -0.465 e. The Morgan fingerprint density at radius 2 is 2.35 bits per heavy atom. The lowest BCUT2D eigenvalue weighted by molar-refractivity contribution is 0.191. The Kier molecular flexibility index (Phi) is 2.89. The maximum absolute atomic E-state index is 10.7. The highest BCUT2D eigenvalue weighted by Crippen LogP contribution is 2.27. The van der Waals surface area contributed by atoms with Gasteiger partial charge < -0.3 is 21.1 Å². The number of aromatic nitrogens is 2. The zero-order valence-corrected chi connectivity index (χ0v) is 11.2. The number of hydrogen-bond donors (Lipinski definition) is 3. The summed E-state index contributed by atoms with van der Waals surface area (Å²) in [5.41, 5.74) is 7.88. The van der Waals surface area contributed by atoms with E-state index in [0.717, 1.165) is 29.6 Å². The minimum absolute atomic E-state index is 0.0141. The Hall–Kier alpha value is -2.44. The summed E-state index contributed by atoms with van der Waals surface area (Å²) >= 11 is 0. The predicted octanol–water partition coefficient (Wildman–Crippen LogP) is 1.00. The van der Waals surface area contributed by atoms with Gasteiger partial charge in [-0.1, -0.05) is 0 Å². The second kappa shape index (κ2) is 4.59. The van der Waals surface area contributed by atoms with Crippen molar-refractivity contribution in [1.82, 2.24) is 15.1 Å². The first-order valence-corrected chi connectivity index (χ1v) is 6.51. The number of rotatable bonds is 2. The van der Waals surface area contributed by atoms with Gasteiger partial charge in [-0.2, -0.15) is 5.10 Å². The highest BCUT2D eigenvalue weighted by Gasteiger charge is 2.24. The number of carbonyl (C=O) groups is 1. The van der Waals surface area contributed by atoms with Crippen molar-refractivity contribution in [3.8, 4) is 0 Å². The molecular formula is C13H17N5O2. The quantitative estimate of drug-likeness (QED) is 0.760. The van der Waals surface area contributed by atoms with E-state index in [2.05, 4.69) is 15.3 Å². The van der Waals surface area contributed by atoms with Gasteiger partial charge in [0.15, 0.2) is 5.82 Å². The molecule has 1 aromatic carbocycles. The van der Waals surface area contributed by atoms with Crippen LogP contribution >= 0.6 is 0 Å². The number of anilines is 2. The second-order valence-corrected chi connectivity index (χ2v) is 5.09. The summed E-state index contributed by atoms with van der Waals surface area (Å²) in [6.07, 6.45) is -0.149. The summed E-state index contributed by atoms with van der Waals surface area (Å²) < 4.78 is 1.76. The van der Waals surface area contributed by atoms with Crippen molar-refractivity contribution in [3.63, 3.8) is 0 Å². The van der Waals surface area contributed by atoms with E-state index in [4.69, 9.17) is 10.8 Å². The molecule has 0 saturated carbocycles. The first kappa shape index (κ1) is 12.6. The fraction of sp³-hybridized carbons (Fsp3) is 0.385. The van der Waals surface area contributed by atoms with Gasteiger partial charge in [0.2, 0.25) is 0 Å². The number of nitrogens with one attached hydrogen (secondary N) is 1. The number of amides is 1. The molecule has 7 heteroatoms. The van der Waals surface area contributed by atoms with E-state index in [1.54, 1.807) is 4.68 Å². The summed E-state index contributed by atoms with van der Waals surface area (Å²) in [5, 5.41) is 16.4. The van der Waals surface area contributed by atoms with Crippen molar-refractivity contribution < 1.29 is 9.90 Å². The number of hydrogen-bond acceptors (Lipinski definition) is 4. The van der Waals surface area contributed by atoms with Crippen LogP contribution in [0.5, 0.6) is 0 Å². The Morgan fingerprint density at radius 3 is 3.10 bits per heavy atom. The van der Waals surface area contributed by atoms with Crippen molar-refractivity contribution in [3.05, 3.63) is 18.2 Å². The average molecular weight is 275 g/mol. The second-order valence-electron chi connectivity index (χ2n) is 5.09. The number of benzene rings is 1. The number of carboxylic acid groups (broad SMARTS) is 1. The Balaban J connectivity index is 1.84. The summed E-state index contributed by atoms with van der Waals surface area (Å²) in [6.45, 7) is 1.52. The molecule has 1 aromatic heterocycles. The molecule has 1 aliphatic heterocycles. The predicted molar refractivity (Wildman–Crippen MR) is 76.9 cm³/mol. The van der Waals surface area contributed by atoms with Gasteiger partial charge in [-0.15, -0.1) is 0 Å². The van der Waals surface area contributed by atoms with Crippen LogP contribution in [0, 0.1) is 0 Å². The largest absolute Gasteiger partial charge is 0.465 e. The smallest absolute Gasteiger partial charge is 0.404 e. The number of nitrogens with zero attached hydrogens (tertiary/aromatic N) is 3. The molecule has 2 aromatic rings. The van der Waals surface area contributed by atoms with Crippen LogP contribution in [0.1, 0.15) is 6.42 Å². The highest BCUT2D eigenvalue weighted by molar-refractivity contribution is 5.91. The molecule has 0 aliphatic carbocycles. The van der Waals surface area contributed by atoms with Crippen molar-refractivity contribution in [1.29, 1.82) is 0 Å². The molecule has 1 saturated heterocycles. The third-order valence-electron chi connectivity index (χ3n) is 3.74. The van der Waals surface area contributed by atoms with Gasteiger partial charge in [-0.3, -0.25) is 4.68 Å². The van der Waals surface area contributed by atoms with Crippen LogP contribution in [-0.2, 0) is 7.05 Å². The topological polar surface area (TPSA) is 96.4 Å². The van der Waals surface area contributed by atoms with Gasteiger partial charge >= 0.3 is 6.09 Å². The summed E-state index contributed by atoms with van der Waals surface area (Å²) in [6, 6.07) is 6.00. The maximum Gasteiger partial charge on any atom is 0.404 e. The molecule has 1 unspecified atom stereocenters. The zero-order chi connectivity index (χ0) is 14.3. The molecule has 0 bridgehead atoms. The fourth-order valence-corrected chi connectivity index (χ4v) is 2.76. The van der Waals surface area contributed by atoms with Crippen LogP contribution in [0.2, 0.25) is 0 Å². The number of aryl methyl sites for hydroxylation is 1. The normalized spacial score (nSPS) is 18.6. The van der Waals surface area contributed by atoms with Gasteiger partial charge in [0.1, 0.15) is 0 Å². The summed E-state index contributed by atoms with van der Waals surface area (Å²) in [4.78, 5) is 12.8. The molecule has 106 valence electrons. The first-order chi connectivity index (χ1) is 9.54. The SMILES string of the molecule is Cn1nc(N)c2ccc(N3CCC(NC(=O)O)C3)cc21. The van der Waals surface area contributed by atoms with Gasteiger partial charge in [0, 0.05) is 31.2 Å². The lowest BCUT2D eigenvalue weighted by Crippen LogP contribution is -2.36. The number of nitrogens with two attached hydrogens (primary N) is 1. The minimum atomic E-state index is -0.966. The van der Waals surface area contributed by atoms with Crippen molar-refractivity contribution in [2.75, 3.05) is 23.7 Å². The average Bonchev–Trinajstić information content (AvgIpc) is 2.95. The molecule has 1 fully saturated rings. The van der Waals surface area contributed by atoms with E-state index < -0.39 is 6.09 Å². The van der Waals surface area contributed by atoms with Crippen LogP contribution in [0.4, 0.5) is 16.3 Å². The van der Waals surface area contributed by atoms with E-state index in [9.17, 15) is 4.79 Å². The van der Waals surface area contributed by atoms with Crippen LogP contribution in [-0.4, -0.2) is 40.1 Å². The molecule has 4 N–H and O–H groups in total.